The summed E-state index contributed by atoms with van der Waals surface area (Å²) in [5, 5.41) is 3.03. The van der Waals surface area contributed by atoms with Gasteiger partial charge in [0.05, 0.1) is 5.56 Å². The van der Waals surface area contributed by atoms with Crippen LogP contribution in [-0.2, 0) is 4.79 Å². The molecule has 18 heavy (non-hydrogen) atoms. The highest BCUT2D eigenvalue weighted by Crippen LogP contribution is 2.26. The highest BCUT2D eigenvalue weighted by atomic mass is 16.1. The number of carbonyl (C=O) groups excluding carboxylic acids is 2. The van der Waals surface area contributed by atoms with Crippen molar-refractivity contribution in [3.8, 4) is 0 Å². The van der Waals surface area contributed by atoms with E-state index in [2.05, 4.69) is 10.3 Å². The van der Waals surface area contributed by atoms with Gasteiger partial charge in [-0.1, -0.05) is 0 Å². The Balaban J connectivity index is 1.81. The molecule has 0 unspecified atom stereocenters. The van der Waals surface area contributed by atoms with Crippen LogP contribution < -0.4 is 5.32 Å². The summed E-state index contributed by atoms with van der Waals surface area (Å²) >= 11 is 0. The second-order valence-corrected chi connectivity index (χ2v) is 4.84. The monoisotopic (exact) mass is 246 g/mol. The van der Waals surface area contributed by atoms with Gasteiger partial charge >= 0.3 is 0 Å². The average Bonchev–Trinajstić information content (AvgIpc) is 2.42. The van der Waals surface area contributed by atoms with Crippen molar-refractivity contribution in [1.82, 2.24) is 10.3 Å². The van der Waals surface area contributed by atoms with E-state index in [1.54, 1.807) is 24.5 Å². The maximum absolute atomic E-state index is 11.9. The van der Waals surface area contributed by atoms with Crippen molar-refractivity contribution in [3.05, 3.63) is 30.1 Å². The van der Waals surface area contributed by atoms with E-state index < -0.39 is 0 Å². The molecule has 96 valence electrons. The molecule has 4 nitrogen and oxygen atoms in total. The van der Waals surface area contributed by atoms with Crippen molar-refractivity contribution >= 4 is 12.2 Å². The first-order valence-corrected chi connectivity index (χ1v) is 6.44. The van der Waals surface area contributed by atoms with Crippen LogP contribution in [0.1, 0.15) is 42.5 Å². The highest BCUT2D eigenvalue weighted by Gasteiger charge is 2.22. The lowest BCUT2D eigenvalue weighted by Gasteiger charge is -2.28. The molecule has 0 spiro atoms. The molecule has 1 amide bonds. The summed E-state index contributed by atoms with van der Waals surface area (Å²) in [5.74, 6) is 0.455. The molecule has 0 aliphatic heterocycles. The van der Waals surface area contributed by atoms with Gasteiger partial charge in [-0.3, -0.25) is 9.78 Å². The molecule has 1 fully saturated rings. The molecule has 0 aromatic carbocycles. The zero-order valence-electron chi connectivity index (χ0n) is 10.3. The van der Waals surface area contributed by atoms with Crippen molar-refractivity contribution in [3.63, 3.8) is 0 Å². The maximum Gasteiger partial charge on any atom is 0.253 e. The van der Waals surface area contributed by atoms with Crippen LogP contribution in [0.3, 0.4) is 0 Å². The topological polar surface area (TPSA) is 59.1 Å². The van der Waals surface area contributed by atoms with E-state index in [9.17, 15) is 9.59 Å². The molecular formula is C14H18N2O2. The third-order valence-corrected chi connectivity index (χ3v) is 3.54. The van der Waals surface area contributed by atoms with E-state index >= 15 is 0 Å². The molecular weight excluding hydrogens is 228 g/mol. The Morgan fingerprint density at radius 2 is 2.17 bits per heavy atom. The van der Waals surface area contributed by atoms with E-state index in [1.165, 1.54) is 0 Å². The second-order valence-electron chi connectivity index (χ2n) is 4.84. The van der Waals surface area contributed by atoms with Crippen LogP contribution in [0, 0.1) is 5.92 Å². The van der Waals surface area contributed by atoms with Crippen molar-refractivity contribution < 1.29 is 9.59 Å². The first-order chi connectivity index (χ1) is 8.79. The van der Waals surface area contributed by atoms with E-state index in [0.29, 0.717) is 17.9 Å². The summed E-state index contributed by atoms with van der Waals surface area (Å²) in [6.07, 6.45) is 8.86. The molecule has 1 aliphatic rings. The van der Waals surface area contributed by atoms with Crippen LogP contribution in [0.25, 0.3) is 0 Å². The van der Waals surface area contributed by atoms with Crippen LogP contribution in [-0.4, -0.2) is 23.2 Å². The number of nitrogens with one attached hydrogen (secondary N) is 1. The molecule has 1 aromatic rings. The molecule has 0 bridgehead atoms. The summed E-state index contributed by atoms with van der Waals surface area (Å²) in [4.78, 5) is 26.3. The lowest BCUT2D eigenvalue weighted by atomic mass is 9.84. The van der Waals surface area contributed by atoms with Crippen molar-refractivity contribution in [2.24, 2.45) is 5.92 Å². The zero-order valence-corrected chi connectivity index (χ0v) is 10.3. The minimum Gasteiger partial charge on any atom is -0.349 e. The third kappa shape index (κ3) is 3.39. The second kappa shape index (κ2) is 6.28. The number of hydrogen-bond acceptors (Lipinski definition) is 3. The van der Waals surface area contributed by atoms with Crippen LogP contribution >= 0.6 is 0 Å². The standard InChI is InChI=1S/C14H18N2O2/c17-9-7-11-3-5-13(6-4-11)16-14(18)12-2-1-8-15-10-12/h1-2,8-11,13H,3-7H2,(H,16,18). The molecule has 2 rings (SSSR count). The normalized spacial score (nSPS) is 23.3. The third-order valence-electron chi connectivity index (χ3n) is 3.54. The first-order valence-electron chi connectivity index (χ1n) is 6.44. The summed E-state index contributed by atoms with van der Waals surface area (Å²) in [6.45, 7) is 0. The van der Waals surface area contributed by atoms with Gasteiger partial charge in [-0.2, -0.15) is 0 Å². The van der Waals surface area contributed by atoms with Crippen LogP contribution in [0.15, 0.2) is 24.5 Å². The fraction of sp³-hybridized carbons (Fsp3) is 0.500. The molecule has 1 aliphatic carbocycles. The van der Waals surface area contributed by atoms with Crippen LogP contribution in [0.2, 0.25) is 0 Å². The largest absolute Gasteiger partial charge is 0.349 e. The fourth-order valence-electron chi connectivity index (χ4n) is 2.44. The van der Waals surface area contributed by atoms with Gasteiger partial charge < -0.3 is 10.1 Å². The summed E-state index contributed by atoms with van der Waals surface area (Å²) in [7, 11) is 0. The molecule has 4 heteroatoms. The number of amides is 1. The van der Waals surface area contributed by atoms with Gasteiger partial charge in [-0.05, 0) is 43.7 Å². The lowest BCUT2D eigenvalue weighted by Crippen LogP contribution is -2.37. The van der Waals surface area contributed by atoms with E-state index in [4.69, 9.17) is 0 Å². The molecule has 0 radical (unpaired) electrons. The Morgan fingerprint density at radius 1 is 1.39 bits per heavy atom. The number of rotatable bonds is 4. The number of hydrogen-bond donors (Lipinski definition) is 1. The minimum atomic E-state index is -0.0538. The Morgan fingerprint density at radius 3 is 2.78 bits per heavy atom. The smallest absolute Gasteiger partial charge is 0.253 e. The van der Waals surface area contributed by atoms with Gasteiger partial charge in [0.2, 0.25) is 0 Å². The van der Waals surface area contributed by atoms with Crippen molar-refractivity contribution in [2.75, 3.05) is 0 Å². The van der Waals surface area contributed by atoms with Gasteiger partial charge in [0, 0.05) is 24.9 Å². The van der Waals surface area contributed by atoms with Crippen LogP contribution in [0.4, 0.5) is 0 Å². The molecule has 0 atom stereocenters. The van der Waals surface area contributed by atoms with Crippen molar-refractivity contribution in [1.29, 1.82) is 0 Å². The summed E-state index contributed by atoms with van der Waals surface area (Å²) < 4.78 is 0. The van der Waals surface area contributed by atoms with Gasteiger partial charge in [0.15, 0.2) is 0 Å². The summed E-state index contributed by atoms with van der Waals surface area (Å²) in [6, 6.07) is 3.76. The lowest BCUT2D eigenvalue weighted by molar-refractivity contribution is -0.108. The van der Waals surface area contributed by atoms with E-state index in [0.717, 1.165) is 32.0 Å². The highest BCUT2D eigenvalue weighted by molar-refractivity contribution is 5.93. The SMILES string of the molecule is O=CCC1CCC(NC(=O)c2cccnc2)CC1. The zero-order chi connectivity index (χ0) is 12.8. The van der Waals surface area contributed by atoms with Gasteiger partial charge in [0.25, 0.3) is 5.91 Å². The number of carbonyl (C=O) groups is 2. The minimum absolute atomic E-state index is 0.0538. The van der Waals surface area contributed by atoms with Gasteiger partial charge in [-0.25, -0.2) is 0 Å². The molecule has 1 aromatic heterocycles. The average molecular weight is 246 g/mol. The van der Waals surface area contributed by atoms with Gasteiger partial charge in [0.1, 0.15) is 6.29 Å². The van der Waals surface area contributed by atoms with Crippen molar-refractivity contribution in [2.45, 2.75) is 38.1 Å². The van der Waals surface area contributed by atoms with E-state index in [1.807, 2.05) is 0 Å². The number of pyridine rings is 1. The molecule has 1 heterocycles. The number of aromatic nitrogens is 1. The Hall–Kier alpha value is -1.71. The predicted octanol–water partition coefficient (Wildman–Crippen LogP) is 1.96. The molecule has 0 saturated heterocycles. The molecule has 1 saturated carbocycles. The predicted molar refractivity (Wildman–Crippen MR) is 68.1 cm³/mol. The Bertz CT molecular complexity index is 398. The Kier molecular flexibility index (Phi) is 4.45. The summed E-state index contributed by atoms with van der Waals surface area (Å²) in [5.41, 5.74) is 0.604. The maximum atomic E-state index is 11.9. The number of aldehydes is 1. The Labute approximate surface area is 107 Å². The first kappa shape index (κ1) is 12.7. The molecule has 1 N–H and O–H groups in total. The quantitative estimate of drug-likeness (QED) is 0.826. The fourth-order valence-corrected chi connectivity index (χ4v) is 2.44. The number of nitrogens with zero attached hydrogens (tertiary/aromatic N) is 1. The van der Waals surface area contributed by atoms with Crippen LogP contribution in [0.5, 0.6) is 0 Å². The van der Waals surface area contributed by atoms with Gasteiger partial charge in [-0.15, -0.1) is 0 Å². The van der Waals surface area contributed by atoms with E-state index in [-0.39, 0.29) is 11.9 Å².